The zero-order valence-corrected chi connectivity index (χ0v) is 9.41. The zero-order valence-electron chi connectivity index (χ0n) is 9.41. The zero-order chi connectivity index (χ0) is 12.2. The van der Waals surface area contributed by atoms with E-state index in [2.05, 4.69) is 10.1 Å². The molecule has 0 fully saturated rings. The molecule has 3 aromatic rings. The van der Waals surface area contributed by atoms with Crippen LogP contribution in [0, 0.1) is 12.7 Å². The topological polar surface area (TPSA) is 50.7 Å². The first-order chi connectivity index (χ1) is 8.09. The van der Waals surface area contributed by atoms with Gasteiger partial charge in [-0.2, -0.15) is 5.10 Å². The van der Waals surface area contributed by atoms with Crippen molar-refractivity contribution in [2.75, 3.05) is 0 Å². The molecule has 0 aliphatic heterocycles. The molecular formula is C12H10FN3O. The van der Waals surface area contributed by atoms with E-state index in [1.54, 1.807) is 20.2 Å². The van der Waals surface area contributed by atoms with Gasteiger partial charge in [0.15, 0.2) is 0 Å². The molecule has 0 amide bonds. The number of aromatic amines is 1. The van der Waals surface area contributed by atoms with Crippen molar-refractivity contribution in [2.24, 2.45) is 7.05 Å². The molecule has 0 radical (unpaired) electrons. The molecule has 1 N–H and O–H groups in total. The summed E-state index contributed by atoms with van der Waals surface area (Å²) < 4.78 is 15.0. The van der Waals surface area contributed by atoms with Gasteiger partial charge in [-0.1, -0.05) is 0 Å². The van der Waals surface area contributed by atoms with E-state index in [1.807, 2.05) is 0 Å². The second kappa shape index (κ2) is 3.16. The number of halogens is 1. The van der Waals surface area contributed by atoms with Crippen LogP contribution in [0.4, 0.5) is 4.39 Å². The summed E-state index contributed by atoms with van der Waals surface area (Å²) in [5.41, 5.74) is 1.99. The van der Waals surface area contributed by atoms with E-state index in [1.165, 1.54) is 16.8 Å². The largest absolute Gasteiger partial charge is 0.351 e. The Kier molecular flexibility index (Phi) is 1.86. The number of H-pyrrole nitrogens is 1. The van der Waals surface area contributed by atoms with Crippen LogP contribution in [0.1, 0.15) is 5.56 Å². The molecule has 0 aliphatic rings. The molecule has 0 unspecified atom stereocenters. The van der Waals surface area contributed by atoms with Crippen molar-refractivity contribution in [2.45, 2.75) is 6.92 Å². The van der Waals surface area contributed by atoms with Gasteiger partial charge in [0.05, 0.1) is 17.2 Å². The second-order valence-electron chi connectivity index (χ2n) is 4.08. The molecular weight excluding hydrogens is 221 g/mol. The average molecular weight is 231 g/mol. The molecule has 2 aromatic heterocycles. The number of rotatable bonds is 0. The highest BCUT2D eigenvalue weighted by molar-refractivity contribution is 5.92. The fourth-order valence-electron chi connectivity index (χ4n) is 2.10. The van der Waals surface area contributed by atoms with Crippen molar-refractivity contribution in [3.8, 4) is 0 Å². The summed E-state index contributed by atoms with van der Waals surface area (Å²) in [5, 5.41) is 4.51. The molecule has 5 heteroatoms. The van der Waals surface area contributed by atoms with E-state index in [0.717, 1.165) is 0 Å². The van der Waals surface area contributed by atoms with Gasteiger partial charge in [-0.3, -0.25) is 9.48 Å². The third-order valence-electron chi connectivity index (χ3n) is 3.06. The summed E-state index contributed by atoms with van der Waals surface area (Å²) in [7, 11) is 1.71. The lowest BCUT2D eigenvalue weighted by Gasteiger charge is -2.04. The quantitative estimate of drug-likeness (QED) is 0.642. The van der Waals surface area contributed by atoms with Gasteiger partial charge in [-0.15, -0.1) is 0 Å². The number of pyridine rings is 1. The number of hydrogen-bond acceptors (Lipinski definition) is 2. The predicted octanol–water partition coefficient (Wildman–Crippen LogP) is 1.86. The van der Waals surface area contributed by atoms with Gasteiger partial charge < -0.3 is 4.98 Å². The molecule has 4 nitrogen and oxygen atoms in total. The minimum Gasteiger partial charge on any atom is -0.351 e. The predicted molar refractivity (Wildman–Crippen MR) is 63.5 cm³/mol. The minimum atomic E-state index is -0.323. The van der Waals surface area contributed by atoms with Crippen LogP contribution in [0.25, 0.3) is 21.9 Å². The van der Waals surface area contributed by atoms with Crippen molar-refractivity contribution in [1.29, 1.82) is 0 Å². The van der Waals surface area contributed by atoms with Crippen LogP contribution in [0.2, 0.25) is 0 Å². The fraction of sp³-hybridized carbons (Fsp3) is 0.167. The maximum absolute atomic E-state index is 13.4. The molecule has 0 saturated heterocycles. The maximum Gasteiger partial charge on any atom is 0.215 e. The molecule has 0 bridgehead atoms. The van der Waals surface area contributed by atoms with E-state index in [4.69, 9.17) is 0 Å². The third-order valence-corrected chi connectivity index (χ3v) is 3.06. The summed E-state index contributed by atoms with van der Waals surface area (Å²) in [6, 6.07) is 2.82. The number of hydrogen-bond donors (Lipinski definition) is 1. The van der Waals surface area contributed by atoms with Crippen molar-refractivity contribution >= 4 is 21.9 Å². The van der Waals surface area contributed by atoms with Gasteiger partial charge in [0, 0.05) is 18.0 Å². The van der Waals surface area contributed by atoms with E-state index in [0.29, 0.717) is 27.5 Å². The molecule has 17 heavy (non-hydrogen) atoms. The van der Waals surface area contributed by atoms with Crippen LogP contribution < -0.4 is 5.43 Å². The van der Waals surface area contributed by atoms with Gasteiger partial charge in [0.2, 0.25) is 5.43 Å². The summed E-state index contributed by atoms with van der Waals surface area (Å²) in [6.45, 7) is 1.65. The highest BCUT2D eigenvalue weighted by atomic mass is 19.1. The van der Waals surface area contributed by atoms with Gasteiger partial charge in [0.25, 0.3) is 0 Å². The molecule has 0 spiro atoms. The van der Waals surface area contributed by atoms with Crippen molar-refractivity contribution in [3.63, 3.8) is 0 Å². The Labute approximate surface area is 95.7 Å². The van der Waals surface area contributed by atoms with Gasteiger partial charge in [-0.05, 0) is 19.1 Å². The Bertz CT molecular complexity index is 801. The molecule has 2 heterocycles. The number of aromatic nitrogens is 3. The minimum absolute atomic E-state index is 0.128. The first kappa shape index (κ1) is 10.0. The van der Waals surface area contributed by atoms with E-state index in [9.17, 15) is 9.18 Å². The van der Waals surface area contributed by atoms with Crippen LogP contribution in [-0.4, -0.2) is 14.8 Å². The number of benzene rings is 1. The third kappa shape index (κ3) is 1.22. The van der Waals surface area contributed by atoms with E-state index < -0.39 is 0 Å². The molecule has 3 rings (SSSR count). The summed E-state index contributed by atoms with van der Waals surface area (Å²) in [4.78, 5) is 15.3. The standard InChI is InChI=1S/C12H10FN3O/c1-6-8(13)4-3-7-10(6)15-9-5-14-16(2)11(9)12(7)17/h3-5H,1-2H3,(H,15,17). The second-order valence-corrected chi connectivity index (χ2v) is 4.08. The van der Waals surface area contributed by atoms with Crippen LogP contribution in [0.5, 0.6) is 0 Å². The normalized spacial score (nSPS) is 11.5. The lowest BCUT2D eigenvalue weighted by molar-refractivity contribution is 0.620. The first-order valence-corrected chi connectivity index (χ1v) is 5.22. The van der Waals surface area contributed by atoms with Crippen molar-refractivity contribution in [3.05, 3.63) is 39.9 Å². The van der Waals surface area contributed by atoms with Gasteiger partial charge in [0.1, 0.15) is 11.3 Å². The van der Waals surface area contributed by atoms with Crippen LogP contribution >= 0.6 is 0 Å². The average Bonchev–Trinajstić information content (AvgIpc) is 2.67. The Balaban J connectivity index is 2.66. The van der Waals surface area contributed by atoms with Crippen molar-refractivity contribution < 1.29 is 4.39 Å². The molecule has 0 atom stereocenters. The lowest BCUT2D eigenvalue weighted by Crippen LogP contribution is -2.09. The van der Waals surface area contributed by atoms with Crippen LogP contribution in [0.15, 0.2) is 23.1 Å². The highest BCUT2D eigenvalue weighted by Gasteiger charge is 2.12. The monoisotopic (exact) mass is 231 g/mol. The summed E-state index contributed by atoms with van der Waals surface area (Å²) in [5.74, 6) is -0.323. The molecule has 86 valence electrons. The van der Waals surface area contributed by atoms with E-state index >= 15 is 0 Å². The van der Waals surface area contributed by atoms with E-state index in [-0.39, 0.29) is 11.2 Å². The van der Waals surface area contributed by atoms with Crippen LogP contribution in [0.3, 0.4) is 0 Å². The first-order valence-electron chi connectivity index (χ1n) is 5.22. The van der Waals surface area contributed by atoms with Gasteiger partial charge in [-0.25, -0.2) is 4.39 Å². The Morgan fingerprint density at radius 2 is 2.18 bits per heavy atom. The van der Waals surface area contributed by atoms with Crippen LogP contribution in [-0.2, 0) is 7.05 Å². The number of aryl methyl sites for hydroxylation is 2. The van der Waals surface area contributed by atoms with Crippen molar-refractivity contribution in [1.82, 2.24) is 14.8 Å². The fourth-order valence-corrected chi connectivity index (χ4v) is 2.10. The summed E-state index contributed by atoms with van der Waals surface area (Å²) in [6.07, 6.45) is 1.57. The number of fused-ring (bicyclic) bond motifs is 2. The lowest BCUT2D eigenvalue weighted by atomic mass is 10.1. The number of nitrogens with zero attached hydrogens (tertiary/aromatic N) is 2. The number of nitrogens with one attached hydrogen (secondary N) is 1. The maximum atomic E-state index is 13.4. The highest BCUT2D eigenvalue weighted by Crippen LogP contribution is 2.19. The Morgan fingerprint density at radius 1 is 1.41 bits per heavy atom. The molecule has 0 aliphatic carbocycles. The Morgan fingerprint density at radius 3 is 2.94 bits per heavy atom. The SMILES string of the molecule is Cc1c(F)ccc2c(=O)c3c(cnn3C)[nH]c12. The Hall–Kier alpha value is -2.17. The molecule has 1 aromatic carbocycles. The molecule has 0 saturated carbocycles. The summed E-state index contributed by atoms with van der Waals surface area (Å²) >= 11 is 0. The smallest absolute Gasteiger partial charge is 0.215 e. The van der Waals surface area contributed by atoms with Gasteiger partial charge >= 0.3 is 0 Å².